The summed E-state index contributed by atoms with van der Waals surface area (Å²) >= 11 is 0. The monoisotopic (exact) mass is 562 g/mol. The van der Waals surface area contributed by atoms with Crippen LogP contribution in [0, 0.1) is 0 Å². The quantitative estimate of drug-likeness (QED) is 0.473. The van der Waals surface area contributed by atoms with E-state index in [1.54, 1.807) is 0 Å². The van der Waals surface area contributed by atoms with Gasteiger partial charge in [0, 0.05) is 37.4 Å². The summed E-state index contributed by atoms with van der Waals surface area (Å²) in [6.07, 6.45) is 12.9. The zero-order valence-electron chi connectivity index (χ0n) is 24.5. The van der Waals surface area contributed by atoms with Crippen molar-refractivity contribution in [2.75, 3.05) is 59.7 Å². The number of carbonyl (C=O) groups excluding carboxylic acids is 1. The molecular weight excluding hydrogens is 512 g/mol. The molecule has 2 aliphatic carbocycles. The highest BCUT2D eigenvalue weighted by Crippen LogP contribution is 2.38. The lowest BCUT2D eigenvalue weighted by atomic mass is 9.99. The molecule has 39 heavy (non-hydrogen) atoms. The van der Waals surface area contributed by atoms with Crippen molar-refractivity contribution >= 4 is 21.9 Å². The van der Waals surface area contributed by atoms with E-state index >= 15 is 0 Å². The van der Waals surface area contributed by atoms with Gasteiger partial charge in [-0.3, -0.25) is 0 Å². The fourth-order valence-corrected chi connectivity index (χ4v) is 8.03. The van der Waals surface area contributed by atoms with Crippen molar-refractivity contribution in [3.63, 3.8) is 0 Å². The molecule has 0 spiro atoms. The SMILES string of the molecule is CN(C)CC1CCCCN1.CN(C)CC1CCCCN1S(=O)(=O)NC(=O)Nc1c2c(cc3c1CCC3)CCC2. The molecule has 2 unspecified atom stereocenters. The molecule has 4 aliphatic rings. The maximum atomic E-state index is 13.0. The Balaban J connectivity index is 0.000000298. The minimum Gasteiger partial charge on any atom is -0.313 e. The highest BCUT2D eigenvalue weighted by molar-refractivity contribution is 7.87. The predicted octanol–water partition coefficient (Wildman–Crippen LogP) is 3.14. The van der Waals surface area contributed by atoms with Gasteiger partial charge in [-0.15, -0.1) is 0 Å². The first-order chi connectivity index (χ1) is 18.6. The number of urea groups is 1. The van der Waals surface area contributed by atoms with Crippen LogP contribution in [0.1, 0.15) is 73.6 Å². The van der Waals surface area contributed by atoms with Crippen LogP contribution in [-0.4, -0.2) is 95.0 Å². The largest absolute Gasteiger partial charge is 0.333 e. The van der Waals surface area contributed by atoms with E-state index in [0.29, 0.717) is 13.1 Å². The first-order valence-corrected chi connectivity index (χ1v) is 16.4. The van der Waals surface area contributed by atoms with E-state index in [-0.39, 0.29) is 6.04 Å². The standard InChI is InChI=1S/C21H32N4O3S.C8H18N2/c1-24(2)14-17-9-3-4-12-25(17)29(27,28)23-21(26)22-20-18-10-5-7-15(18)13-16-8-6-11-19(16)20;1-10(2)7-8-5-3-4-6-9-8/h13,17H,3-12,14H2,1-2H3,(H2,22,23,26);8-9H,3-7H2,1-2H3. The second kappa shape index (κ2) is 13.8. The van der Waals surface area contributed by atoms with Gasteiger partial charge in [0.1, 0.15) is 0 Å². The Labute approximate surface area is 236 Å². The predicted molar refractivity (Wildman–Crippen MR) is 159 cm³/mol. The lowest BCUT2D eigenvalue weighted by molar-refractivity contribution is 0.202. The van der Waals surface area contributed by atoms with E-state index in [2.05, 4.69) is 40.4 Å². The summed E-state index contributed by atoms with van der Waals surface area (Å²) in [5.74, 6) is 0. The van der Waals surface area contributed by atoms with Gasteiger partial charge < -0.3 is 20.4 Å². The minimum absolute atomic E-state index is 0.103. The van der Waals surface area contributed by atoms with Gasteiger partial charge in [0.25, 0.3) is 0 Å². The Morgan fingerprint density at radius 1 is 0.897 bits per heavy atom. The van der Waals surface area contributed by atoms with E-state index in [4.69, 9.17) is 0 Å². The van der Waals surface area contributed by atoms with E-state index in [1.165, 1.54) is 58.9 Å². The highest BCUT2D eigenvalue weighted by atomic mass is 32.2. The van der Waals surface area contributed by atoms with Gasteiger partial charge >= 0.3 is 16.2 Å². The zero-order chi connectivity index (χ0) is 28.0. The third-order valence-electron chi connectivity index (χ3n) is 8.39. The van der Waals surface area contributed by atoms with Gasteiger partial charge in [0.2, 0.25) is 0 Å². The Kier molecular flexibility index (Phi) is 10.7. The van der Waals surface area contributed by atoms with Gasteiger partial charge in [-0.05, 0) is 121 Å². The van der Waals surface area contributed by atoms with Gasteiger partial charge in [-0.25, -0.2) is 9.52 Å². The Morgan fingerprint density at radius 2 is 1.54 bits per heavy atom. The van der Waals surface area contributed by atoms with Crippen LogP contribution in [0.25, 0.3) is 0 Å². The maximum absolute atomic E-state index is 13.0. The molecule has 2 atom stereocenters. The summed E-state index contributed by atoms with van der Waals surface area (Å²) < 4.78 is 29.7. The molecule has 2 saturated heterocycles. The number of fused-ring (bicyclic) bond motifs is 2. The van der Waals surface area contributed by atoms with Crippen LogP contribution in [0.2, 0.25) is 0 Å². The number of benzene rings is 1. The summed E-state index contributed by atoms with van der Waals surface area (Å²) in [6, 6.07) is 2.30. The number of nitrogens with one attached hydrogen (secondary N) is 3. The van der Waals surface area contributed by atoms with Crippen molar-refractivity contribution in [1.82, 2.24) is 24.1 Å². The van der Waals surface area contributed by atoms with Gasteiger partial charge in [-0.1, -0.05) is 18.9 Å². The smallest absolute Gasteiger partial charge is 0.313 e. The molecule has 2 fully saturated rings. The number of amides is 2. The lowest BCUT2D eigenvalue weighted by Gasteiger charge is -2.35. The second-order valence-electron chi connectivity index (χ2n) is 12.2. The fourth-order valence-electron chi connectivity index (χ4n) is 6.70. The van der Waals surface area contributed by atoms with Crippen molar-refractivity contribution < 1.29 is 13.2 Å². The van der Waals surface area contributed by atoms with E-state index in [1.807, 2.05) is 19.0 Å². The van der Waals surface area contributed by atoms with Crippen molar-refractivity contribution in [2.45, 2.75) is 89.1 Å². The molecule has 2 heterocycles. The molecule has 2 aliphatic heterocycles. The maximum Gasteiger partial charge on any atom is 0.333 e. The van der Waals surface area contributed by atoms with Gasteiger partial charge in [0.05, 0.1) is 0 Å². The topological polar surface area (TPSA) is 97.0 Å². The number of hydrogen-bond donors (Lipinski definition) is 3. The molecule has 10 heteroatoms. The number of aryl methyl sites for hydroxylation is 2. The minimum atomic E-state index is -3.88. The summed E-state index contributed by atoms with van der Waals surface area (Å²) in [5, 5.41) is 6.44. The molecule has 5 rings (SSSR count). The lowest BCUT2D eigenvalue weighted by Crippen LogP contribution is -2.53. The van der Waals surface area contributed by atoms with Crippen LogP contribution in [0.4, 0.5) is 10.5 Å². The molecular formula is C29H50N6O3S. The van der Waals surface area contributed by atoms with Crippen LogP contribution in [-0.2, 0) is 35.9 Å². The van der Waals surface area contributed by atoms with Crippen LogP contribution >= 0.6 is 0 Å². The number of piperidine rings is 2. The Hall–Kier alpha value is -1.72. The first-order valence-electron chi connectivity index (χ1n) is 14.9. The molecule has 0 saturated carbocycles. The molecule has 0 radical (unpaired) electrons. The number of hydrogen-bond acceptors (Lipinski definition) is 6. The average Bonchev–Trinajstić information content (AvgIpc) is 3.54. The third kappa shape index (κ3) is 8.16. The van der Waals surface area contributed by atoms with Crippen LogP contribution in [0.3, 0.4) is 0 Å². The summed E-state index contributed by atoms with van der Waals surface area (Å²) in [7, 11) is 4.27. The number of nitrogens with zero attached hydrogens (tertiary/aromatic N) is 3. The highest BCUT2D eigenvalue weighted by Gasteiger charge is 2.34. The molecule has 3 N–H and O–H groups in total. The first kappa shape index (κ1) is 30.2. The second-order valence-corrected chi connectivity index (χ2v) is 13.9. The third-order valence-corrected chi connectivity index (χ3v) is 9.93. The van der Waals surface area contributed by atoms with Crippen LogP contribution in [0.15, 0.2) is 6.07 Å². The Morgan fingerprint density at radius 3 is 2.13 bits per heavy atom. The molecule has 220 valence electrons. The van der Waals surface area contributed by atoms with E-state index in [0.717, 1.165) is 69.5 Å². The summed E-state index contributed by atoms with van der Waals surface area (Å²) in [6.45, 7) is 3.53. The van der Waals surface area contributed by atoms with Gasteiger partial charge in [0.15, 0.2) is 0 Å². The van der Waals surface area contributed by atoms with Gasteiger partial charge in [-0.2, -0.15) is 12.7 Å². The normalized spacial score (nSPS) is 23.2. The van der Waals surface area contributed by atoms with Crippen LogP contribution in [0.5, 0.6) is 0 Å². The molecule has 2 amide bonds. The van der Waals surface area contributed by atoms with Crippen molar-refractivity contribution in [1.29, 1.82) is 0 Å². The number of rotatable bonds is 7. The molecule has 1 aromatic carbocycles. The molecule has 0 aromatic heterocycles. The average molecular weight is 563 g/mol. The molecule has 0 bridgehead atoms. The fraction of sp³-hybridized carbons (Fsp3) is 0.759. The van der Waals surface area contributed by atoms with E-state index in [9.17, 15) is 13.2 Å². The number of carbonyl (C=O) groups is 1. The summed E-state index contributed by atoms with van der Waals surface area (Å²) in [5.41, 5.74) is 5.88. The van der Waals surface area contributed by atoms with Crippen molar-refractivity contribution in [3.8, 4) is 0 Å². The van der Waals surface area contributed by atoms with E-state index < -0.39 is 16.2 Å². The molecule has 1 aromatic rings. The number of anilines is 1. The Bertz CT molecular complexity index is 1050. The molecule has 9 nitrogen and oxygen atoms in total. The van der Waals surface area contributed by atoms with Crippen molar-refractivity contribution in [3.05, 3.63) is 28.3 Å². The zero-order valence-corrected chi connectivity index (χ0v) is 25.3. The van der Waals surface area contributed by atoms with Crippen molar-refractivity contribution in [2.24, 2.45) is 0 Å². The van der Waals surface area contributed by atoms with Crippen LogP contribution < -0.4 is 15.4 Å². The number of likely N-dealkylation sites (N-methyl/N-ethyl adjacent to an activating group) is 2. The summed E-state index contributed by atoms with van der Waals surface area (Å²) in [4.78, 5) is 17.0.